The molecule has 2 aromatic rings. The van der Waals surface area contributed by atoms with Gasteiger partial charge in [0.2, 0.25) is 5.95 Å². The third-order valence-electron chi connectivity index (χ3n) is 3.65. The SMILES string of the molecule is O=C(c1ccc(F)nc1)N1CCCC(c2ccn[nH]2)C1. The zero-order valence-electron chi connectivity index (χ0n) is 10.9. The third kappa shape index (κ3) is 2.54. The highest BCUT2D eigenvalue weighted by Crippen LogP contribution is 2.26. The highest BCUT2D eigenvalue weighted by atomic mass is 19.1. The number of carbonyl (C=O) groups is 1. The van der Waals surface area contributed by atoms with Gasteiger partial charge in [-0.3, -0.25) is 9.89 Å². The standard InChI is InChI=1S/C14H15FN4O/c15-13-4-3-10(8-16-13)14(20)19-7-1-2-11(9-19)12-5-6-17-18-12/h3-6,8,11H,1-2,7,9H2,(H,17,18). The fraction of sp³-hybridized carbons (Fsp3) is 0.357. The minimum absolute atomic E-state index is 0.0956. The molecule has 0 aliphatic carbocycles. The maximum Gasteiger partial charge on any atom is 0.255 e. The number of piperidine rings is 1. The number of nitrogens with one attached hydrogen (secondary N) is 1. The van der Waals surface area contributed by atoms with Crippen LogP contribution >= 0.6 is 0 Å². The highest BCUT2D eigenvalue weighted by Gasteiger charge is 2.26. The molecule has 0 spiro atoms. The maximum absolute atomic E-state index is 12.8. The number of aromatic nitrogens is 3. The molecule has 1 aliphatic heterocycles. The van der Waals surface area contributed by atoms with Crippen LogP contribution in [0, 0.1) is 5.95 Å². The van der Waals surface area contributed by atoms with E-state index in [1.807, 2.05) is 6.07 Å². The van der Waals surface area contributed by atoms with Crippen LogP contribution in [0.25, 0.3) is 0 Å². The number of amides is 1. The lowest BCUT2D eigenvalue weighted by Gasteiger charge is -2.32. The van der Waals surface area contributed by atoms with Crippen molar-refractivity contribution >= 4 is 5.91 Å². The Morgan fingerprint density at radius 1 is 1.40 bits per heavy atom. The first kappa shape index (κ1) is 12.8. The molecule has 1 aliphatic rings. The first-order chi connectivity index (χ1) is 9.74. The summed E-state index contributed by atoms with van der Waals surface area (Å²) in [4.78, 5) is 17.7. The molecule has 104 valence electrons. The lowest BCUT2D eigenvalue weighted by atomic mass is 9.94. The first-order valence-electron chi connectivity index (χ1n) is 6.64. The number of H-pyrrole nitrogens is 1. The summed E-state index contributed by atoms with van der Waals surface area (Å²) in [6.45, 7) is 1.37. The minimum atomic E-state index is -0.574. The van der Waals surface area contributed by atoms with Crippen LogP contribution in [-0.2, 0) is 0 Å². The monoisotopic (exact) mass is 274 g/mol. The Balaban J connectivity index is 1.73. The summed E-state index contributed by atoms with van der Waals surface area (Å²) < 4.78 is 12.8. The molecular formula is C14H15FN4O. The number of hydrogen-bond donors (Lipinski definition) is 1. The zero-order chi connectivity index (χ0) is 13.9. The van der Waals surface area contributed by atoms with Crippen LogP contribution < -0.4 is 0 Å². The van der Waals surface area contributed by atoms with Crippen molar-refractivity contribution in [2.75, 3.05) is 13.1 Å². The number of nitrogens with zero attached hydrogens (tertiary/aromatic N) is 3. The van der Waals surface area contributed by atoms with E-state index in [2.05, 4.69) is 15.2 Å². The zero-order valence-corrected chi connectivity index (χ0v) is 10.9. The van der Waals surface area contributed by atoms with Crippen molar-refractivity contribution in [2.24, 2.45) is 0 Å². The van der Waals surface area contributed by atoms with Gasteiger partial charge in [-0.15, -0.1) is 0 Å². The minimum Gasteiger partial charge on any atom is -0.338 e. The first-order valence-corrected chi connectivity index (χ1v) is 6.64. The Labute approximate surface area is 115 Å². The summed E-state index contributed by atoms with van der Waals surface area (Å²) in [7, 11) is 0. The summed E-state index contributed by atoms with van der Waals surface area (Å²) in [6.07, 6.45) is 5.00. The Morgan fingerprint density at radius 2 is 2.30 bits per heavy atom. The lowest BCUT2D eigenvalue weighted by molar-refractivity contribution is 0.0705. The molecule has 1 unspecified atom stereocenters. The van der Waals surface area contributed by atoms with Gasteiger partial charge in [-0.2, -0.15) is 9.49 Å². The second kappa shape index (κ2) is 5.40. The van der Waals surface area contributed by atoms with E-state index < -0.39 is 5.95 Å². The molecule has 3 rings (SSSR count). The van der Waals surface area contributed by atoms with Gasteiger partial charge >= 0.3 is 0 Å². The van der Waals surface area contributed by atoms with Crippen molar-refractivity contribution in [1.82, 2.24) is 20.1 Å². The van der Waals surface area contributed by atoms with Crippen molar-refractivity contribution in [2.45, 2.75) is 18.8 Å². The van der Waals surface area contributed by atoms with Crippen molar-refractivity contribution < 1.29 is 9.18 Å². The van der Waals surface area contributed by atoms with Gasteiger partial charge < -0.3 is 4.90 Å². The van der Waals surface area contributed by atoms with Crippen LogP contribution in [0.5, 0.6) is 0 Å². The molecule has 6 heteroatoms. The van der Waals surface area contributed by atoms with Gasteiger partial charge in [0.25, 0.3) is 5.91 Å². The molecule has 1 N–H and O–H groups in total. The smallest absolute Gasteiger partial charge is 0.255 e. The summed E-state index contributed by atoms with van der Waals surface area (Å²) in [5, 5.41) is 6.92. The summed E-state index contributed by atoms with van der Waals surface area (Å²) in [5.41, 5.74) is 1.48. The average Bonchev–Trinajstić information content (AvgIpc) is 3.02. The van der Waals surface area contributed by atoms with Gasteiger partial charge in [0.1, 0.15) is 0 Å². The molecule has 5 nitrogen and oxygen atoms in total. The van der Waals surface area contributed by atoms with E-state index >= 15 is 0 Å². The number of rotatable bonds is 2. The molecule has 0 bridgehead atoms. The van der Waals surface area contributed by atoms with Crippen LogP contribution in [0.3, 0.4) is 0 Å². The van der Waals surface area contributed by atoms with Crippen molar-refractivity contribution in [1.29, 1.82) is 0 Å². The van der Waals surface area contributed by atoms with E-state index in [4.69, 9.17) is 0 Å². The molecule has 1 saturated heterocycles. The Morgan fingerprint density at radius 3 is 3.00 bits per heavy atom. The van der Waals surface area contributed by atoms with Crippen LogP contribution in [0.4, 0.5) is 4.39 Å². The Hall–Kier alpha value is -2.24. The number of hydrogen-bond acceptors (Lipinski definition) is 3. The molecule has 3 heterocycles. The molecule has 20 heavy (non-hydrogen) atoms. The van der Waals surface area contributed by atoms with Crippen molar-refractivity contribution in [3.8, 4) is 0 Å². The summed E-state index contributed by atoms with van der Waals surface area (Å²) in [6, 6.07) is 4.63. The predicted molar refractivity (Wildman–Crippen MR) is 70.7 cm³/mol. The van der Waals surface area contributed by atoms with Gasteiger partial charge in [-0.05, 0) is 31.0 Å². The van der Waals surface area contributed by atoms with E-state index in [1.54, 1.807) is 11.1 Å². The number of likely N-dealkylation sites (tertiary alicyclic amines) is 1. The number of carbonyl (C=O) groups excluding carboxylic acids is 1. The molecule has 1 atom stereocenters. The number of pyridine rings is 1. The summed E-state index contributed by atoms with van der Waals surface area (Å²) >= 11 is 0. The highest BCUT2D eigenvalue weighted by molar-refractivity contribution is 5.94. The van der Waals surface area contributed by atoms with Gasteiger partial charge in [0.05, 0.1) is 5.56 Å². The molecule has 0 saturated carbocycles. The second-order valence-corrected chi connectivity index (χ2v) is 4.97. The molecular weight excluding hydrogens is 259 g/mol. The fourth-order valence-corrected chi connectivity index (χ4v) is 2.59. The van der Waals surface area contributed by atoms with Crippen molar-refractivity contribution in [3.05, 3.63) is 47.8 Å². The Kier molecular flexibility index (Phi) is 3.45. The normalized spacial score (nSPS) is 19.1. The Bertz CT molecular complexity index is 582. The molecule has 0 radical (unpaired) electrons. The van der Waals surface area contributed by atoms with Gasteiger partial charge in [-0.25, -0.2) is 4.98 Å². The quantitative estimate of drug-likeness (QED) is 0.852. The van der Waals surface area contributed by atoms with Crippen LogP contribution in [0.15, 0.2) is 30.6 Å². The van der Waals surface area contributed by atoms with Gasteiger partial charge in [0, 0.05) is 37.1 Å². The van der Waals surface area contributed by atoms with E-state index in [0.717, 1.165) is 25.1 Å². The molecule has 2 aromatic heterocycles. The molecule has 0 aromatic carbocycles. The van der Waals surface area contributed by atoms with Gasteiger partial charge in [0.15, 0.2) is 0 Å². The van der Waals surface area contributed by atoms with E-state index in [-0.39, 0.29) is 11.8 Å². The van der Waals surface area contributed by atoms with Crippen LogP contribution in [-0.4, -0.2) is 39.1 Å². The van der Waals surface area contributed by atoms with Crippen LogP contribution in [0.2, 0.25) is 0 Å². The number of aromatic amines is 1. The van der Waals surface area contributed by atoms with E-state index in [1.165, 1.54) is 18.3 Å². The van der Waals surface area contributed by atoms with Gasteiger partial charge in [-0.1, -0.05) is 0 Å². The maximum atomic E-state index is 12.8. The lowest BCUT2D eigenvalue weighted by Crippen LogP contribution is -2.39. The van der Waals surface area contributed by atoms with E-state index in [0.29, 0.717) is 12.1 Å². The predicted octanol–water partition coefficient (Wildman–Crippen LogP) is 1.96. The fourth-order valence-electron chi connectivity index (χ4n) is 2.59. The number of halogens is 1. The van der Waals surface area contributed by atoms with E-state index in [9.17, 15) is 9.18 Å². The third-order valence-corrected chi connectivity index (χ3v) is 3.65. The average molecular weight is 274 g/mol. The second-order valence-electron chi connectivity index (χ2n) is 4.97. The summed E-state index contributed by atoms with van der Waals surface area (Å²) in [5.74, 6) is -0.388. The van der Waals surface area contributed by atoms with Crippen LogP contribution in [0.1, 0.15) is 34.8 Å². The molecule has 1 fully saturated rings. The van der Waals surface area contributed by atoms with Crippen molar-refractivity contribution in [3.63, 3.8) is 0 Å². The topological polar surface area (TPSA) is 61.9 Å². The molecule has 1 amide bonds. The largest absolute Gasteiger partial charge is 0.338 e.